The molecule has 0 saturated heterocycles. The molecule has 0 aromatic rings. The summed E-state index contributed by atoms with van der Waals surface area (Å²) < 4.78 is 6.28. The van der Waals surface area contributed by atoms with Crippen LogP contribution in [0, 0.1) is 17.8 Å². The number of allylic oxidation sites excluding steroid dienone is 6. The van der Waals surface area contributed by atoms with Crippen molar-refractivity contribution in [3.63, 3.8) is 0 Å². The lowest BCUT2D eigenvalue weighted by Crippen LogP contribution is -2.29. The molecular weight excluding hydrogens is 260 g/mol. The molecule has 0 aromatic carbocycles. The van der Waals surface area contributed by atoms with Gasteiger partial charge in [-0.2, -0.15) is 0 Å². The molecule has 1 rings (SSSR count). The van der Waals surface area contributed by atoms with Crippen molar-refractivity contribution in [1.82, 2.24) is 0 Å². The van der Waals surface area contributed by atoms with E-state index in [-0.39, 0.29) is 0 Å². The van der Waals surface area contributed by atoms with Gasteiger partial charge in [-0.05, 0) is 64.2 Å². The van der Waals surface area contributed by atoms with Gasteiger partial charge in [0.1, 0.15) is 0 Å². The van der Waals surface area contributed by atoms with Crippen LogP contribution in [0.2, 0.25) is 19.6 Å². The Morgan fingerprint density at radius 3 is 2.50 bits per heavy atom. The minimum Gasteiger partial charge on any atom is -0.547 e. The SMILES string of the molecule is CC(C)=C/C=C/C(C)C1C=C(O[Si](C)(C)C)C(C)CC1. The maximum atomic E-state index is 6.28. The predicted octanol–water partition coefficient (Wildman–Crippen LogP) is 5.93. The summed E-state index contributed by atoms with van der Waals surface area (Å²) in [6.45, 7) is 15.7. The second-order valence-corrected chi connectivity index (χ2v) is 11.8. The van der Waals surface area contributed by atoms with Gasteiger partial charge in [0.25, 0.3) is 0 Å². The van der Waals surface area contributed by atoms with Crippen LogP contribution in [0.5, 0.6) is 0 Å². The highest BCUT2D eigenvalue weighted by Gasteiger charge is 2.27. The molecule has 0 heterocycles. The lowest BCUT2D eigenvalue weighted by Gasteiger charge is -2.32. The Bertz CT molecular complexity index is 394. The van der Waals surface area contributed by atoms with Gasteiger partial charge in [0.15, 0.2) is 0 Å². The molecule has 3 atom stereocenters. The Morgan fingerprint density at radius 1 is 1.30 bits per heavy atom. The summed E-state index contributed by atoms with van der Waals surface area (Å²) in [6.07, 6.45) is 11.7. The first-order valence-electron chi connectivity index (χ1n) is 7.91. The fraction of sp³-hybridized carbons (Fsp3) is 0.667. The molecule has 0 radical (unpaired) electrons. The van der Waals surface area contributed by atoms with Crippen LogP contribution in [0.4, 0.5) is 0 Å². The second-order valence-electron chi connectivity index (χ2n) is 7.41. The van der Waals surface area contributed by atoms with Crippen LogP contribution in [-0.2, 0) is 4.43 Å². The molecule has 20 heavy (non-hydrogen) atoms. The van der Waals surface area contributed by atoms with E-state index >= 15 is 0 Å². The fourth-order valence-electron chi connectivity index (χ4n) is 2.51. The standard InChI is InChI=1S/C18H32OSi/c1-14(2)9-8-10-15(3)17-12-11-16(4)18(13-17)19-20(5,6)7/h8-10,13,15-17H,11-12H2,1-7H3/b10-8+. The van der Waals surface area contributed by atoms with Crippen molar-refractivity contribution < 1.29 is 4.43 Å². The van der Waals surface area contributed by atoms with E-state index in [2.05, 4.69) is 71.6 Å². The van der Waals surface area contributed by atoms with Crippen molar-refractivity contribution >= 4 is 8.32 Å². The minimum absolute atomic E-state index is 0.582. The number of hydrogen-bond donors (Lipinski definition) is 0. The van der Waals surface area contributed by atoms with E-state index in [0.29, 0.717) is 17.8 Å². The van der Waals surface area contributed by atoms with Gasteiger partial charge < -0.3 is 4.43 Å². The van der Waals surface area contributed by atoms with E-state index in [4.69, 9.17) is 4.43 Å². The summed E-state index contributed by atoms with van der Waals surface area (Å²) in [4.78, 5) is 0. The molecule has 0 bridgehead atoms. The topological polar surface area (TPSA) is 9.23 Å². The average Bonchev–Trinajstić information content (AvgIpc) is 2.29. The van der Waals surface area contributed by atoms with E-state index in [1.54, 1.807) is 0 Å². The molecule has 1 aliphatic carbocycles. The Kier molecular flexibility index (Phi) is 6.31. The lowest BCUT2D eigenvalue weighted by atomic mass is 9.81. The van der Waals surface area contributed by atoms with Crippen LogP contribution >= 0.6 is 0 Å². The molecule has 0 saturated carbocycles. The van der Waals surface area contributed by atoms with Gasteiger partial charge in [-0.25, -0.2) is 0 Å². The van der Waals surface area contributed by atoms with E-state index in [1.165, 1.54) is 24.2 Å². The van der Waals surface area contributed by atoms with Crippen molar-refractivity contribution in [1.29, 1.82) is 0 Å². The van der Waals surface area contributed by atoms with Crippen LogP contribution < -0.4 is 0 Å². The third-order valence-corrected chi connectivity index (χ3v) is 4.59. The Balaban J connectivity index is 2.75. The molecule has 3 unspecified atom stereocenters. The number of hydrogen-bond acceptors (Lipinski definition) is 1. The summed E-state index contributed by atoms with van der Waals surface area (Å²) in [5.74, 6) is 3.05. The normalized spacial score (nSPS) is 25.2. The second kappa shape index (κ2) is 7.30. The zero-order chi connectivity index (χ0) is 15.3. The van der Waals surface area contributed by atoms with Crippen LogP contribution in [0.3, 0.4) is 0 Å². The molecule has 1 nitrogen and oxygen atoms in total. The van der Waals surface area contributed by atoms with Gasteiger partial charge in [0, 0.05) is 5.92 Å². The maximum absolute atomic E-state index is 6.28. The Morgan fingerprint density at radius 2 is 1.95 bits per heavy atom. The monoisotopic (exact) mass is 292 g/mol. The first-order valence-corrected chi connectivity index (χ1v) is 11.3. The van der Waals surface area contributed by atoms with Gasteiger partial charge in [-0.1, -0.05) is 37.6 Å². The molecule has 114 valence electrons. The molecule has 1 aliphatic rings. The largest absolute Gasteiger partial charge is 0.547 e. The van der Waals surface area contributed by atoms with E-state index in [9.17, 15) is 0 Å². The zero-order valence-corrected chi connectivity index (χ0v) is 15.4. The van der Waals surface area contributed by atoms with Crippen LogP contribution in [0.1, 0.15) is 40.5 Å². The Hall–Kier alpha value is -0.763. The molecule has 0 amide bonds. The van der Waals surface area contributed by atoms with Gasteiger partial charge in [-0.3, -0.25) is 0 Å². The number of rotatable bonds is 5. The van der Waals surface area contributed by atoms with Gasteiger partial charge >= 0.3 is 0 Å². The van der Waals surface area contributed by atoms with Crippen LogP contribution in [0.15, 0.2) is 35.6 Å². The molecule has 0 fully saturated rings. The van der Waals surface area contributed by atoms with E-state index in [1.807, 2.05) is 0 Å². The first-order chi connectivity index (χ1) is 9.19. The zero-order valence-electron chi connectivity index (χ0n) is 14.4. The summed E-state index contributed by atoms with van der Waals surface area (Å²) in [5.41, 5.74) is 1.35. The van der Waals surface area contributed by atoms with Crippen LogP contribution in [0.25, 0.3) is 0 Å². The minimum atomic E-state index is -1.49. The van der Waals surface area contributed by atoms with Gasteiger partial charge in [0.2, 0.25) is 8.32 Å². The highest BCUT2D eigenvalue weighted by molar-refractivity contribution is 6.70. The quantitative estimate of drug-likeness (QED) is 0.451. The molecule has 0 aliphatic heterocycles. The smallest absolute Gasteiger partial charge is 0.241 e. The molecule has 0 aromatic heterocycles. The van der Waals surface area contributed by atoms with Crippen molar-refractivity contribution in [2.75, 3.05) is 0 Å². The fourth-order valence-corrected chi connectivity index (χ4v) is 3.49. The highest BCUT2D eigenvalue weighted by Crippen LogP contribution is 2.34. The summed E-state index contributed by atoms with van der Waals surface area (Å²) >= 11 is 0. The molecule has 0 spiro atoms. The molecule has 0 N–H and O–H groups in total. The van der Waals surface area contributed by atoms with Crippen molar-refractivity contribution in [2.24, 2.45) is 17.8 Å². The van der Waals surface area contributed by atoms with Crippen LogP contribution in [-0.4, -0.2) is 8.32 Å². The lowest BCUT2D eigenvalue weighted by molar-refractivity contribution is 0.287. The average molecular weight is 293 g/mol. The maximum Gasteiger partial charge on any atom is 0.241 e. The van der Waals surface area contributed by atoms with Crippen molar-refractivity contribution in [3.05, 3.63) is 35.6 Å². The summed E-state index contributed by atoms with van der Waals surface area (Å²) in [6, 6.07) is 0. The highest BCUT2D eigenvalue weighted by atomic mass is 28.4. The Labute approximate surface area is 126 Å². The van der Waals surface area contributed by atoms with E-state index in [0.717, 1.165) is 0 Å². The summed E-state index contributed by atoms with van der Waals surface area (Å²) in [7, 11) is -1.49. The third-order valence-electron chi connectivity index (χ3n) is 3.74. The van der Waals surface area contributed by atoms with E-state index < -0.39 is 8.32 Å². The van der Waals surface area contributed by atoms with Crippen molar-refractivity contribution in [3.8, 4) is 0 Å². The third kappa shape index (κ3) is 6.13. The van der Waals surface area contributed by atoms with Gasteiger partial charge in [0.05, 0.1) is 5.76 Å². The first kappa shape index (κ1) is 17.3. The molecular formula is C18H32OSi. The van der Waals surface area contributed by atoms with Gasteiger partial charge in [-0.15, -0.1) is 0 Å². The predicted molar refractivity (Wildman–Crippen MR) is 92.1 cm³/mol. The summed E-state index contributed by atoms with van der Waals surface area (Å²) in [5, 5.41) is 0. The molecule has 2 heteroatoms. The van der Waals surface area contributed by atoms with Crippen molar-refractivity contribution in [2.45, 2.75) is 60.2 Å².